The molecule has 0 aliphatic rings. The summed E-state index contributed by atoms with van der Waals surface area (Å²) in [6.07, 6.45) is -7.67. The second kappa shape index (κ2) is 8.35. The number of nitrogens with one attached hydrogen (secondary N) is 1. The Balaban J connectivity index is 4.16. The van der Waals surface area contributed by atoms with Crippen molar-refractivity contribution in [2.75, 3.05) is 13.2 Å². The number of alkyl halides is 7. The highest BCUT2D eigenvalue weighted by molar-refractivity contribution is 5.72. The molecular formula is C11H15F7N2O4. The number of carbonyl (C=O) groups is 2. The third kappa shape index (κ3) is 6.37. The maximum absolute atomic E-state index is 12.8. The van der Waals surface area contributed by atoms with E-state index in [-0.39, 0.29) is 25.8 Å². The Morgan fingerprint density at radius 3 is 2.08 bits per heavy atom. The summed E-state index contributed by atoms with van der Waals surface area (Å²) in [6, 6.07) is -1.12. The maximum atomic E-state index is 12.8. The minimum atomic E-state index is -6.50. The van der Waals surface area contributed by atoms with Gasteiger partial charge in [0.05, 0.1) is 0 Å². The number of aliphatic carboxylic acids is 1. The van der Waals surface area contributed by atoms with Crippen molar-refractivity contribution in [2.24, 2.45) is 5.73 Å². The zero-order chi connectivity index (χ0) is 19.2. The van der Waals surface area contributed by atoms with E-state index in [1.54, 1.807) is 0 Å². The number of nitrogens with two attached hydrogens (primary N) is 1. The van der Waals surface area contributed by atoms with E-state index in [0.717, 1.165) is 0 Å². The highest BCUT2D eigenvalue weighted by Crippen LogP contribution is 2.46. The van der Waals surface area contributed by atoms with E-state index in [2.05, 4.69) is 4.74 Å². The number of unbranched alkanes of at least 4 members (excludes halogenated alkanes) is 1. The Morgan fingerprint density at radius 2 is 1.62 bits per heavy atom. The SMILES string of the molecule is N[C@H](CCCCNC(=O)OCC(F)(F)C(F)(F)C(F)(F)F)C(=O)O. The van der Waals surface area contributed by atoms with Gasteiger partial charge in [-0.2, -0.15) is 30.7 Å². The molecule has 142 valence electrons. The highest BCUT2D eigenvalue weighted by Gasteiger charge is 2.73. The van der Waals surface area contributed by atoms with Gasteiger partial charge in [-0.15, -0.1) is 0 Å². The zero-order valence-corrected chi connectivity index (χ0v) is 12.0. The van der Waals surface area contributed by atoms with E-state index >= 15 is 0 Å². The summed E-state index contributed by atoms with van der Waals surface area (Å²) >= 11 is 0. The quantitative estimate of drug-likeness (QED) is 0.425. The lowest BCUT2D eigenvalue weighted by Crippen LogP contribution is -2.54. The Labute approximate surface area is 131 Å². The molecule has 0 aliphatic carbocycles. The van der Waals surface area contributed by atoms with Crippen LogP contribution in [-0.4, -0.2) is 54.4 Å². The van der Waals surface area contributed by atoms with Crippen molar-refractivity contribution in [3.05, 3.63) is 0 Å². The molecule has 4 N–H and O–H groups in total. The number of hydrogen-bond acceptors (Lipinski definition) is 4. The normalized spacial score (nSPS) is 14.2. The van der Waals surface area contributed by atoms with E-state index < -0.39 is 42.7 Å². The highest BCUT2D eigenvalue weighted by atomic mass is 19.4. The number of carboxylic acid groups (broad SMARTS) is 1. The summed E-state index contributed by atoms with van der Waals surface area (Å²) < 4.78 is 89.8. The Kier molecular flexibility index (Phi) is 7.73. The second-order valence-electron chi connectivity index (χ2n) is 4.72. The summed E-state index contributed by atoms with van der Waals surface area (Å²) in [6.45, 7) is -2.67. The molecule has 0 heterocycles. The summed E-state index contributed by atoms with van der Waals surface area (Å²) in [7, 11) is 0. The monoisotopic (exact) mass is 372 g/mol. The first-order valence-electron chi connectivity index (χ1n) is 6.43. The fourth-order valence-corrected chi connectivity index (χ4v) is 1.31. The fraction of sp³-hybridized carbons (Fsp3) is 0.818. The first-order valence-corrected chi connectivity index (χ1v) is 6.43. The average molecular weight is 372 g/mol. The van der Waals surface area contributed by atoms with Crippen LogP contribution in [0.3, 0.4) is 0 Å². The first-order chi connectivity index (χ1) is 10.7. The average Bonchev–Trinajstić information content (AvgIpc) is 2.43. The molecule has 0 radical (unpaired) electrons. The molecule has 24 heavy (non-hydrogen) atoms. The molecule has 0 aliphatic heterocycles. The van der Waals surface area contributed by atoms with Crippen molar-refractivity contribution >= 4 is 12.1 Å². The molecule has 0 aromatic carbocycles. The van der Waals surface area contributed by atoms with Gasteiger partial charge in [-0.1, -0.05) is 0 Å². The van der Waals surface area contributed by atoms with Crippen LogP contribution in [0.4, 0.5) is 35.5 Å². The van der Waals surface area contributed by atoms with Gasteiger partial charge in [0.1, 0.15) is 6.04 Å². The van der Waals surface area contributed by atoms with Crippen LogP contribution >= 0.6 is 0 Å². The van der Waals surface area contributed by atoms with Crippen LogP contribution < -0.4 is 11.1 Å². The molecule has 0 aromatic rings. The maximum Gasteiger partial charge on any atom is 0.460 e. The number of ether oxygens (including phenoxy) is 1. The van der Waals surface area contributed by atoms with Crippen molar-refractivity contribution in [2.45, 2.75) is 43.3 Å². The molecule has 6 nitrogen and oxygen atoms in total. The predicted molar refractivity (Wildman–Crippen MR) is 64.8 cm³/mol. The molecule has 0 fully saturated rings. The lowest BCUT2D eigenvalue weighted by molar-refractivity contribution is -0.359. The second-order valence-corrected chi connectivity index (χ2v) is 4.72. The van der Waals surface area contributed by atoms with Crippen LogP contribution in [0.5, 0.6) is 0 Å². The number of rotatable bonds is 9. The van der Waals surface area contributed by atoms with Gasteiger partial charge in [-0.05, 0) is 19.3 Å². The first kappa shape index (κ1) is 22.2. The van der Waals surface area contributed by atoms with E-state index in [0.29, 0.717) is 0 Å². The largest absolute Gasteiger partial charge is 0.480 e. The number of amides is 1. The Bertz CT molecular complexity index is 443. The van der Waals surface area contributed by atoms with Gasteiger partial charge in [0.15, 0.2) is 6.61 Å². The number of carboxylic acids is 1. The van der Waals surface area contributed by atoms with Crippen molar-refractivity contribution in [1.29, 1.82) is 0 Å². The van der Waals surface area contributed by atoms with E-state index in [1.807, 2.05) is 5.32 Å². The summed E-state index contributed by atoms with van der Waals surface area (Å²) in [4.78, 5) is 21.3. The van der Waals surface area contributed by atoms with E-state index in [4.69, 9.17) is 10.8 Å². The molecule has 1 amide bonds. The zero-order valence-electron chi connectivity index (χ0n) is 12.0. The summed E-state index contributed by atoms with van der Waals surface area (Å²) in [5.74, 6) is -13.2. The molecule has 0 unspecified atom stereocenters. The minimum Gasteiger partial charge on any atom is -0.480 e. The van der Waals surface area contributed by atoms with Crippen molar-refractivity contribution < 1.29 is 50.2 Å². The van der Waals surface area contributed by atoms with Gasteiger partial charge in [-0.25, -0.2) is 4.79 Å². The molecule has 0 saturated carbocycles. The van der Waals surface area contributed by atoms with Gasteiger partial charge in [0.25, 0.3) is 0 Å². The fourth-order valence-electron chi connectivity index (χ4n) is 1.31. The van der Waals surface area contributed by atoms with E-state index in [9.17, 15) is 40.3 Å². The molecule has 0 saturated heterocycles. The van der Waals surface area contributed by atoms with Crippen molar-refractivity contribution in [1.82, 2.24) is 5.32 Å². The van der Waals surface area contributed by atoms with Gasteiger partial charge in [0, 0.05) is 6.54 Å². The lowest BCUT2D eigenvalue weighted by Gasteiger charge is -2.27. The number of hydrogen-bond donors (Lipinski definition) is 3. The molecular weight excluding hydrogens is 357 g/mol. The standard InChI is InChI=1S/C11H15F7N2O4/c12-9(13,10(14,15)11(16,17)18)5-24-8(23)20-4-2-1-3-6(19)7(21)22/h6H,1-5,19H2,(H,20,23)(H,21,22)/t6-/m1/s1. The van der Waals surface area contributed by atoms with Crippen LogP contribution in [0.25, 0.3) is 0 Å². The van der Waals surface area contributed by atoms with Gasteiger partial charge in [-0.3, -0.25) is 4.79 Å². The van der Waals surface area contributed by atoms with Crippen LogP contribution in [-0.2, 0) is 9.53 Å². The van der Waals surface area contributed by atoms with Gasteiger partial charge >= 0.3 is 30.1 Å². The Hall–Kier alpha value is -1.79. The smallest absolute Gasteiger partial charge is 0.460 e. The predicted octanol–water partition coefficient (Wildman–Crippen LogP) is 2.13. The Morgan fingerprint density at radius 1 is 1.08 bits per heavy atom. The third-order valence-electron chi connectivity index (χ3n) is 2.73. The minimum absolute atomic E-state index is 0.0575. The van der Waals surface area contributed by atoms with Crippen LogP contribution in [0.1, 0.15) is 19.3 Å². The topological polar surface area (TPSA) is 102 Å². The number of carbonyl (C=O) groups excluding carboxylic acids is 1. The third-order valence-corrected chi connectivity index (χ3v) is 2.73. The van der Waals surface area contributed by atoms with Crippen LogP contribution in [0.15, 0.2) is 0 Å². The number of alkyl carbamates (subject to hydrolysis) is 1. The molecule has 0 bridgehead atoms. The number of halogens is 7. The van der Waals surface area contributed by atoms with Crippen molar-refractivity contribution in [3.8, 4) is 0 Å². The molecule has 13 heteroatoms. The molecule has 0 aromatic heterocycles. The van der Waals surface area contributed by atoms with Crippen LogP contribution in [0.2, 0.25) is 0 Å². The summed E-state index contributed by atoms with van der Waals surface area (Å²) in [5, 5.41) is 10.3. The van der Waals surface area contributed by atoms with Gasteiger partial charge < -0.3 is 20.9 Å². The summed E-state index contributed by atoms with van der Waals surface area (Å²) in [5.41, 5.74) is 5.17. The van der Waals surface area contributed by atoms with Gasteiger partial charge in [0.2, 0.25) is 0 Å². The van der Waals surface area contributed by atoms with Crippen molar-refractivity contribution in [3.63, 3.8) is 0 Å². The van der Waals surface area contributed by atoms with Crippen LogP contribution in [0, 0.1) is 0 Å². The van der Waals surface area contributed by atoms with E-state index in [1.165, 1.54) is 0 Å². The molecule has 0 spiro atoms. The molecule has 1 atom stereocenters. The lowest BCUT2D eigenvalue weighted by atomic mass is 10.1. The molecule has 0 rings (SSSR count).